The third-order valence-electron chi connectivity index (χ3n) is 6.60. The smallest absolute Gasteiger partial charge is 0.408 e. The highest BCUT2D eigenvalue weighted by atomic mass is 35.5. The fourth-order valence-electron chi connectivity index (χ4n) is 4.42. The van der Waals surface area contributed by atoms with Gasteiger partial charge in [-0.05, 0) is 49.0 Å². The van der Waals surface area contributed by atoms with Crippen LogP contribution in [0.4, 0.5) is 22.4 Å². The molecule has 1 heterocycles. The molecular weight excluding hydrogens is 610 g/mol. The molecule has 0 bridgehead atoms. The lowest BCUT2D eigenvalue weighted by molar-refractivity contribution is -0.131. The molecule has 238 valence electrons. The molecule has 0 radical (unpaired) electrons. The molecule has 0 aromatic heterocycles. The quantitative estimate of drug-likeness (QED) is 0.203. The number of hydrogen-bond donors (Lipinski definition) is 3. The van der Waals surface area contributed by atoms with Gasteiger partial charge in [0, 0.05) is 23.6 Å². The summed E-state index contributed by atoms with van der Waals surface area (Å²) in [5.41, 5.74) is 0.780. The van der Waals surface area contributed by atoms with E-state index in [0.29, 0.717) is 18.0 Å². The zero-order valence-electron chi connectivity index (χ0n) is 23.9. The topological polar surface area (TPSA) is 123 Å². The largest absolute Gasteiger partial charge is 0.479 e. The average molecular weight is 642 g/mol. The van der Waals surface area contributed by atoms with E-state index < -0.39 is 71.4 Å². The van der Waals surface area contributed by atoms with Gasteiger partial charge in [0.1, 0.15) is 19.3 Å². The van der Waals surface area contributed by atoms with Crippen molar-refractivity contribution in [3.63, 3.8) is 0 Å². The van der Waals surface area contributed by atoms with Crippen molar-refractivity contribution in [3.8, 4) is 5.75 Å². The van der Waals surface area contributed by atoms with E-state index in [9.17, 15) is 36.7 Å². The fourth-order valence-corrected chi connectivity index (χ4v) is 4.62. The number of benzene rings is 2. The van der Waals surface area contributed by atoms with Crippen molar-refractivity contribution in [1.29, 1.82) is 0 Å². The van der Waals surface area contributed by atoms with E-state index in [1.165, 1.54) is 0 Å². The van der Waals surface area contributed by atoms with Crippen molar-refractivity contribution in [2.45, 2.75) is 45.2 Å². The van der Waals surface area contributed by atoms with Gasteiger partial charge in [-0.25, -0.2) is 13.6 Å². The van der Waals surface area contributed by atoms with Crippen LogP contribution in [0.2, 0.25) is 5.02 Å². The maximum atomic E-state index is 14.0. The number of carbonyl (C=O) groups excluding carboxylic acids is 4. The highest BCUT2D eigenvalue weighted by Crippen LogP contribution is 2.27. The van der Waals surface area contributed by atoms with Crippen LogP contribution in [0.3, 0.4) is 0 Å². The number of alkyl carbamates (subject to hydrolysis) is 1. The number of rotatable bonds is 14. The maximum Gasteiger partial charge on any atom is 0.408 e. The third kappa shape index (κ3) is 9.97. The SMILES string of the molecule is CC(C)C[C@H](NC(=O)OC/C=C/c1cccc(Cl)c1)C(=O)N[C@@H](C[C@@H]1CCNC1=O)C(=O)COc1c(F)c(F)cc(F)c1F. The minimum Gasteiger partial charge on any atom is -0.479 e. The molecule has 2 aromatic rings. The maximum absolute atomic E-state index is 14.0. The molecule has 3 atom stereocenters. The van der Waals surface area contributed by atoms with Crippen LogP contribution in [-0.4, -0.2) is 55.5 Å². The number of ketones is 1. The second-order valence-electron chi connectivity index (χ2n) is 10.5. The van der Waals surface area contributed by atoms with E-state index >= 15 is 0 Å². The molecule has 1 fully saturated rings. The highest BCUT2D eigenvalue weighted by molar-refractivity contribution is 6.30. The number of amides is 3. The summed E-state index contributed by atoms with van der Waals surface area (Å²) >= 11 is 5.94. The fraction of sp³-hybridized carbons (Fsp3) is 0.400. The van der Waals surface area contributed by atoms with Crippen molar-refractivity contribution in [1.82, 2.24) is 16.0 Å². The second-order valence-corrected chi connectivity index (χ2v) is 10.9. The van der Waals surface area contributed by atoms with Crippen molar-refractivity contribution in [2.75, 3.05) is 19.8 Å². The number of Topliss-reactive ketones (excluding diaryl/α,β-unsaturated/α-hetero) is 1. The van der Waals surface area contributed by atoms with Crippen molar-refractivity contribution in [2.24, 2.45) is 11.8 Å². The Kier molecular flexibility index (Phi) is 12.6. The number of hydrogen-bond acceptors (Lipinski definition) is 6. The van der Waals surface area contributed by atoms with Gasteiger partial charge < -0.3 is 25.4 Å². The second kappa shape index (κ2) is 16.1. The van der Waals surface area contributed by atoms with Gasteiger partial charge >= 0.3 is 6.09 Å². The molecule has 1 aliphatic heterocycles. The Bertz CT molecular complexity index is 1380. The van der Waals surface area contributed by atoms with Crippen LogP contribution in [0, 0.1) is 35.1 Å². The molecule has 0 aliphatic carbocycles. The molecule has 0 spiro atoms. The van der Waals surface area contributed by atoms with Crippen LogP contribution in [0.1, 0.15) is 38.7 Å². The van der Waals surface area contributed by atoms with E-state index in [2.05, 4.69) is 16.0 Å². The molecule has 44 heavy (non-hydrogen) atoms. The van der Waals surface area contributed by atoms with Crippen LogP contribution in [0.25, 0.3) is 6.08 Å². The van der Waals surface area contributed by atoms with Crippen molar-refractivity contribution in [3.05, 3.63) is 70.3 Å². The van der Waals surface area contributed by atoms with Gasteiger partial charge in [-0.1, -0.05) is 43.7 Å². The number of carbonyl (C=O) groups is 4. The van der Waals surface area contributed by atoms with E-state index in [0.717, 1.165) is 5.56 Å². The molecule has 0 unspecified atom stereocenters. The number of nitrogens with one attached hydrogen (secondary N) is 3. The Labute approximate surface area is 256 Å². The molecule has 3 amide bonds. The van der Waals surface area contributed by atoms with Crippen molar-refractivity contribution >= 4 is 41.4 Å². The first-order valence-electron chi connectivity index (χ1n) is 13.8. The molecule has 1 aliphatic rings. The van der Waals surface area contributed by atoms with Gasteiger partial charge in [0.05, 0.1) is 6.04 Å². The summed E-state index contributed by atoms with van der Waals surface area (Å²) in [6.07, 6.45) is 2.63. The Morgan fingerprint density at radius 3 is 2.39 bits per heavy atom. The average Bonchev–Trinajstić information content (AvgIpc) is 3.37. The monoisotopic (exact) mass is 641 g/mol. The van der Waals surface area contributed by atoms with Crippen LogP contribution in [0.15, 0.2) is 36.4 Å². The van der Waals surface area contributed by atoms with E-state index in [-0.39, 0.29) is 37.3 Å². The molecule has 3 rings (SSSR count). The van der Waals surface area contributed by atoms with Crippen molar-refractivity contribution < 1.29 is 46.2 Å². The summed E-state index contributed by atoms with van der Waals surface area (Å²) in [7, 11) is 0. The third-order valence-corrected chi connectivity index (χ3v) is 6.84. The van der Waals surface area contributed by atoms with E-state index in [1.54, 1.807) is 50.3 Å². The summed E-state index contributed by atoms with van der Waals surface area (Å²) < 4.78 is 65.2. The van der Waals surface area contributed by atoms with Gasteiger partial charge in [-0.15, -0.1) is 0 Å². The van der Waals surface area contributed by atoms with Gasteiger partial charge in [0.15, 0.2) is 23.2 Å². The normalized spacial score (nSPS) is 16.0. The van der Waals surface area contributed by atoms with Gasteiger partial charge in [0.25, 0.3) is 0 Å². The predicted octanol–water partition coefficient (Wildman–Crippen LogP) is 4.71. The van der Waals surface area contributed by atoms with Gasteiger partial charge in [-0.3, -0.25) is 14.4 Å². The first kappa shape index (κ1) is 34.4. The molecule has 14 heteroatoms. The Balaban J connectivity index is 1.68. The molecule has 9 nitrogen and oxygen atoms in total. The minimum atomic E-state index is -1.84. The Hall–Kier alpha value is -4.13. The summed E-state index contributed by atoms with van der Waals surface area (Å²) in [6, 6.07) is 4.39. The molecule has 0 saturated carbocycles. The summed E-state index contributed by atoms with van der Waals surface area (Å²) in [4.78, 5) is 51.0. The van der Waals surface area contributed by atoms with Gasteiger partial charge in [-0.2, -0.15) is 8.78 Å². The molecular formula is C30H32ClF4N3O6. The molecule has 2 aromatic carbocycles. The minimum absolute atomic E-state index is 0.0104. The zero-order valence-corrected chi connectivity index (χ0v) is 24.7. The molecule has 1 saturated heterocycles. The van der Waals surface area contributed by atoms with Crippen LogP contribution in [0.5, 0.6) is 5.75 Å². The lowest BCUT2D eigenvalue weighted by Crippen LogP contribution is -2.53. The Morgan fingerprint density at radius 2 is 1.77 bits per heavy atom. The summed E-state index contributed by atoms with van der Waals surface area (Å²) in [6.45, 7) is 2.71. The summed E-state index contributed by atoms with van der Waals surface area (Å²) in [5, 5.41) is 8.07. The predicted molar refractivity (Wildman–Crippen MR) is 153 cm³/mol. The van der Waals surface area contributed by atoms with Gasteiger partial charge in [0.2, 0.25) is 23.4 Å². The van der Waals surface area contributed by atoms with E-state index in [4.69, 9.17) is 21.1 Å². The van der Waals surface area contributed by atoms with Crippen LogP contribution in [-0.2, 0) is 19.1 Å². The van der Waals surface area contributed by atoms with Crippen LogP contribution >= 0.6 is 11.6 Å². The van der Waals surface area contributed by atoms with Crippen LogP contribution < -0.4 is 20.7 Å². The number of halogens is 5. The standard InChI is InChI=1S/C30H32ClF4N3O6/c1-16(2)11-23(38-30(42)43-10-4-6-17-5-3-7-19(31)12-17)29(41)37-22(13-18-8-9-36-28(18)40)24(39)15-44-27-25(34)20(32)14-21(33)26(27)35/h3-7,12,14,16,18,22-23H,8-11,13,15H2,1-2H3,(H,36,40)(H,37,41)(H,38,42)/b6-4+/t18-,22-,23-/m0/s1. The Morgan fingerprint density at radius 1 is 1.07 bits per heavy atom. The molecule has 3 N–H and O–H groups in total. The lowest BCUT2D eigenvalue weighted by atomic mass is 9.95. The first-order chi connectivity index (χ1) is 20.8. The summed E-state index contributed by atoms with van der Waals surface area (Å²) in [5.74, 6) is -11.4. The number of ether oxygens (including phenoxy) is 2. The zero-order chi connectivity index (χ0) is 32.4. The first-order valence-corrected chi connectivity index (χ1v) is 14.2. The highest BCUT2D eigenvalue weighted by Gasteiger charge is 2.34. The lowest BCUT2D eigenvalue weighted by Gasteiger charge is -2.25. The van der Waals surface area contributed by atoms with E-state index in [1.807, 2.05) is 0 Å².